The van der Waals surface area contributed by atoms with Crippen LogP contribution < -0.4 is 19.9 Å². The largest absolute Gasteiger partial charge is 0.495 e. The molecule has 1 amide bonds. The number of carbonyl (C=O) groups excluding carboxylic acids is 1. The maximum absolute atomic E-state index is 12.6. The van der Waals surface area contributed by atoms with Gasteiger partial charge in [-0.05, 0) is 37.3 Å². The molecule has 0 aliphatic carbocycles. The smallest absolute Gasteiger partial charge is 0.257 e. The third-order valence-electron chi connectivity index (χ3n) is 3.55. The van der Waals surface area contributed by atoms with Crippen molar-refractivity contribution in [1.29, 1.82) is 0 Å². The van der Waals surface area contributed by atoms with Crippen LogP contribution in [0.2, 0.25) is 0 Å². The number of rotatable bonds is 7. The number of methoxy groups -OCH3 is 1. The zero-order valence-electron chi connectivity index (χ0n) is 14.6. The first-order chi connectivity index (χ1) is 12.6. The van der Waals surface area contributed by atoms with E-state index >= 15 is 0 Å². The van der Waals surface area contributed by atoms with Crippen molar-refractivity contribution < 1.29 is 26.4 Å². The van der Waals surface area contributed by atoms with Gasteiger partial charge in [0, 0.05) is 5.69 Å². The molecule has 0 bridgehead atoms. The molecule has 0 radical (unpaired) electrons. The molecular weight excluding hydrogens is 394 g/mol. The van der Waals surface area contributed by atoms with Crippen LogP contribution in [0, 0.1) is 0 Å². The molecule has 2 rings (SSSR count). The van der Waals surface area contributed by atoms with Gasteiger partial charge in [0.25, 0.3) is 5.91 Å². The molecule has 0 unspecified atom stereocenters. The number of ether oxygens (including phenoxy) is 1. The van der Waals surface area contributed by atoms with Crippen molar-refractivity contribution in [2.24, 2.45) is 5.14 Å². The molecular formula is C16H19N3O6S2. The van der Waals surface area contributed by atoms with Gasteiger partial charge >= 0.3 is 0 Å². The fourth-order valence-corrected chi connectivity index (χ4v) is 3.57. The molecule has 0 saturated carbocycles. The number of nitrogens with two attached hydrogens (primary N) is 1. The van der Waals surface area contributed by atoms with E-state index in [0.717, 1.165) is 6.07 Å². The highest BCUT2D eigenvalue weighted by Gasteiger charge is 2.18. The predicted octanol–water partition coefficient (Wildman–Crippen LogP) is 1.36. The van der Waals surface area contributed by atoms with Crippen LogP contribution in [-0.4, -0.2) is 35.6 Å². The molecule has 146 valence electrons. The van der Waals surface area contributed by atoms with Crippen LogP contribution >= 0.6 is 0 Å². The predicted molar refractivity (Wildman–Crippen MR) is 102 cm³/mol. The van der Waals surface area contributed by atoms with Gasteiger partial charge in [-0.3, -0.25) is 9.52 Å². The van der Waals surface area contributed by atoms with E-state index in [1.807, 2.05) is 0 Å². The van der Waals surface area contributed by atoms with Gasteiger partial charge in [0.1, 0.15) is 10.6 Å². The molecule has 0 saturated heterocycles. The van der Waals surface area contributed by atoms with Crippen molar-refractivity contribution in [2.45, 2.75) is 11.8 Å². The summed E-state index contributed by atoms with van der Waals surface area (Å²) in [6.45, 7) is 1.47. The Balaban J connectivity index is 2.37. The Bertz CT molecular complexity index is 1070. The molecule has 0 aromatic heterocycles. The van der Waals surface area contributed by atoms with Gasteiger partial charge in [-0.25, -0.2) is 22.0 Å². The molecule has 0 spiro atoms. The fourth-order valence-electron chi connectivity index (χ4n) is 2.19. The quantitative estimate of drug-likeness (QED) is 0.625. The van der Waals surface area contributed by atoms with Crippen LogP contribution in [0.5, 0.6) is 5.75 Å². The lowest BCUT2D eigenvalue weighted by atomic mass is 10.1. The van der Waals surface area contributed by atoms with Crippen molar-refractivity contribution in [3.8, 4) is 5.75 Å². The van der Waals surface area contributed by atoms with Crippen molar-refractivity contribution in [3.05, 3.63) is 48.0 Å². The summed E-state index contributed by atoms with van der Waals surface area (Å²) in [5.74, 6) is -0.749. The summed E-state index contributed by atoms with van der Waals surface area (Å²) < 4.78 is 54.2. The molecule has 9 nitrogen and oxygen atoms in total. The minimum Gasteiger partial charge on any atom is -0.495 e. The first-order valence-corrected chi connectivity index (χ1v) is 10.9. The number of carbonyl (C=O) groups is 1. The van der Waals surface area contributed by atoms with Crippen LogP contribution in [0.3, 0.4) is 0 Å². The highest BCUT2D eigenvalue weighted by molar-refractivity contribution is 7.92. The first kappa shape index (κ1) is 20.7. The summed E-state index contributed by atoms with van der Waals surface area (Å²) in [7, 11) is -6.36. The monoisotopic (exact) mass is 413 g/mol. The maximum atomic E-state index is 12.6. The Morgan fingerprint density at radius 3 is 2.37 bits per heavy atom. The van der Waals surface area contributed by atoms with E-state index in [1.54, 1.807) is 12.1 Å². The van der Waals surface area contributed by atoms with Gasteiger partial charge in [0.05, 0.1) is 24.1 Å². The van der Waals surface area contributed by atoms with Gasteiger partial charge in [-0.2, -0.15) is 0 Å². The number of nitrogens with one attached hydrogen (secondary N) is 2. The minimum atomic E-state index is -4.07. The van der Waals surface area contributed by atoms with Gasteiger partial charge in [-0.15, -0.1) is 0 Å². The lowest BCUT2D eigenvalue weighted by molar-refractivity contribution is 0.102. The van der Waals surface area contributed by atoms with E-state index in [-0.39, 0.29) is 33.3 Å². The first-order valence-electron chi connectivity index (χ1n) is 7.69. The molecule has 0 atom stereocenters. The average Bonchev–Trinajstić information content (AvgIpc) is 2.61. The Labute approximate surface area is 157 Å². The molecule has 0 fully saturated rings. The summed E-state index contributed by atoms with van der Waals surface area (Å²) in [5.41, 5.74) is 0.331. The zero-order chi connectivity index (χ0) is 20.2. The third kappa shape index (κ3) is 5.18. The van der Waals surface area contributed by atoms with E-state index in [0.29, 0.717) is 0 Å². The maximum Gasteiger partial charge on any atom is 0.257 e. The summed E-state index contributed by atoms with van der Waals surface area (Å²) >= 11 is 0. The van der Waals surface area contributed by atoms with Crippen molar-refractivity contribution in [1.82, 2.24) is 0 Å². The number of hydrogen-bond acceptors (Lipinski definition) is 6. The topological polar surface area (TPSA) is 145 Å². The van der Waals surface area contributed by atoms with Crippen molar-refractivity contribution in [3.63, 3.8) is 0 Å². The molecule has 27 heavy (non-hydrogen) atoms. The Morgan fingerprint density at radius 2 is 1.78 bits per heavy atom. The standard InChI is InChI=1S/C16H19N3O6S2/c1-3-26(21,22)19-13-7-5-4-6-12(13)16(20)18-11-8-9-14(25-2)15(10-11)27(17,23)24/h4-10,19H,3H2,1-2H3,(H,18,20)(H2,17,23,24). The fraction of sp³-hybridized carbons (Fsp3) is 0.188. The Hall–Kier alpha value is -2.63. The lowest BCUT2D eigenvalue weighted by Crippen LogP contribution is -2.20. The number of hydrogen-bond donors (Lipinski definition) is 3. The average molecular weight is 413 g/mol. The van der Waals surface area contributed by atoms with Crippen LogP contribution in [0.4, 0.5) is 11.4 Å². The van der Waals surface area contributed by atoms with Crippen LogP contribution in [0.25, 0.3) is 0 Å². The Kier molecular flexibility index (Phi) is 6.08. The summed E-state index contributed by atoms with van der Waals surface area (Å²) in [6, 6.07) is 9.98. The van der Waals surface area contributed by atoms with Crippen LogP contribution in [0.1, 0.15) is 17.3 Å². The molecule has 4 N–H and O–H groups in total. The summed E-state index contributed by atoms with van der Waals surface area (Å²) in [6.07, 6.45) is 0. The number of amides is 1. The SMILES string of the molecule is CCS(=O)(=O)Nc1ccccc1C(=O)Nc1ccc(OC)c(S(N)(=O)=O)c1. The molecule has 0 aliphatic rings. The molecule has 2 aromatic carbocycles. The number of anilines is 2. The van der Waals surface area contributed by atoms with Crippen molar-refractivity contribution in [2.75, 3.05) is 22.9 Å². The minimum absolute atomic E-state index is 0.0339. The van der Waals surface area contributed by atoms with Crippen LogP contribution in [-0.2, 0) is 20.0 Å². The summed E-state index contributed by atoms with van der Waals surface area (Å²) in [4.78, 5) is 12.3. The molecule has 0 aliphatic heterocycles. The number of benzene rings is 2. The van der Waals surface area contributed by atoms with Gasteiger partial charge in [0.15, 0.2) is 0 Å². The number of para-hydroxylation sites is 1. The van der Waals surface area contributed by atoms with E-state index in [4.69, 9.17) is 9.88 Å². The molecule has 11 heteroatoms. The highest BCUT2D eigenvalue weighted by atomic mass is 32.2. The molecule has 0 heterocycles. The second-order valence-corrected chi connectivity index (χ2v) is 8.96. The van der Waals surface area contributed by atoms with E-state index in [2.05, 4.69) is 10.0 Å². The van der Waals surface area contributed by atoms with E-state index in [1.165, 1.54) is 38.3 Å². The second-order valence-electron chi connectivity index (χ2n) is 5.42. The van der Waals surface area contributed by atoms with Gasteiger partial charge in [0.2, 0.25) is 20.0 Å². The van der Waals surface area contributed by atoms with Crippen molar-refractivity contribution >= 4 is 37.3 Å². The van der Waals surface area contributed by atoms with Gasteiger partial charge in [-0.1, -0.05) is 12.1 Å². The zero-order valence-corrected chi connectivity index (χ0v) is 16.2. The highest BCUT2D eigenvalue weighted by Crippen LogP contribution is 2.27. The van der Waals surface area contributed by atoms with Gasteiger partial charge < -0.3 is 10.1 Å². The second kappa shape index (κ2) is 7.94. The summed E-state index contributed by atoms with van der Waals surface area (Å²) in [5, 5.41) is 7.67. The van der Waals surface area contributed by atoms with Crippen LogP contribution in [0.15, 0.2) is 47.4 Å². The third-order valence-corrected chi connectivity index (χ3v) is 5.77. The molecule has 2 aromatic rings. The Morgan fingerprint density at radius 1 is 1.11 bits per heavy atom. The normalized spacial score (nSPS) is 11.7. The lowest BCUT2D eigenvalue weighted by Gasteiger charge is -2.13. The van der Waals surface area contributed by atoms with E-state index < -0.39 is 26.0 Å². The number of sulfonamides is 2. The number of primary sulfonamides is 1. The van der Waals surface area contributed by atoms with E-state index in [9.17, 15) is 21.6 Å².